The number of nitrogens with one attached hydrogen (secondary N) is 1. The summed E-state index contributed by atoms with van der Waals surface area (Å²) in [5.74, 6) is 0.0688. The quantitative estimate of drug-likeness (QED) is 0.914. The van der Waals surface area contributed by atoms with E-state index in [2.05, 4.69) is 21.2 Å². The average molecular weight is 348 g/mol. The molecule has 0 bridgehead atoms. The van der Waals surface area contributed by atoms with E-state index < -0.39 is 0 Å². The summed E-state index contributed by atoms with van der Waals surface area (Å²) in [5.41, 5.74) is 0.755. The van der Waals surface area contributed by atoms with E-state index in [0.717, 1.165) is 10.2 Å². The maximum absolute atomic E-state index is 12.3. The lowest BCUT2D eigenvalue weighted by Crippen LogP contribution is -2.47. The highest BCUT2D eigenvalue weighted by atomic mass is 79.9. The number of ether oxygens (including phenoxy) is 1. The molecule has 4 nitrogen and oxygen atoms in total. The number of anilines is 1. The number of rotatable bonds is 3. The van der Waals surface area contributed by atoms with Gasteiger partial charge in [-0.3, -0.25) is 4.79 Å². The molecule has 1 saturated heterocycles. The highest BCUT2D eigenvalue weighted by Crippen LogP contribution is 2.26. The van der Waals surface area contributed by atoms with Crippen LogP contribution >= 0.6 is 27.5 Å². The zero-order valence-corrected chi connectivity index (χ0v) is 13.0. The normalized spacial score (nSPS) is 17.1. The summed E-state index contributed by atoms with van der Waals surface area (Å²) in [5, 5.41) is 3.76. The first-order valence-electron chi connectivity index (χ1n) is 6.16. The van der Waals surface area contributed by atoms with Gasteiger partial charge in [0.25, 0.3) is 0 Å². The average Bonchev–Trinajstić information content (AvgIpc) is 2.43. The van der Waals surface area contributed by atoms with Crippen molar-refractivity contribution in [2.75, 3.05) is 31.6 Å². The molecule has 0 aromatic heterocycles. The van der Waals surface area contributed by atoms with Gasteiger partial charge in [-0.2, -0.15) is 0 Å². The number of carbonyl (C=O) groups is 1. The molecule has 1 aliphatic heterocycles. The van der Waals surface area contributed by atoms with Crippen molar-refractivity contribution in [2.45, 2.75) is 13.0 Å². The molecule has 0 aliphatic carbocycles. The fraction of sp³-hybridized carbons (Fsp3) is 0.462. The number of halogens is 2. The standard InChI is InChI=1S/C13H16BrClN2O2/c1-9(13(18)17-4-6-19-7-5-17)16-12-8-10(14)2-3-11(12)15/h2-3,8-9,16H,4-7H2,1H3. The Balaban J connectivity index is 2.01. The van der Waals surface area contributed by atoms with Gasteiger partial charge in [0.15, 0.2) is 0 Å². The lowest BCUT2D eigenvalue weighted by molar-refractivity contribution is -0.135. The molecule has 19 heavy (non-hydrogen) atoms. The van der Waals surface area contributed by atoms with E-state index in [9.17, 15) is 4.79 Å². The summed E-state index contributed by atoms with van der Waals surface area (Å²) >= 11 is 9.49. The first kappa shape index (κ1) is 14.6. The number of amides is 1. The van der Waals surface area contributed by atoms with Gasteiger partial charge in [-0.25, -0.2) is 0 Å². The minimum absolute atomic E-state index is 0.0688. The molecule has 1 fully saturated rings. The van der Waals surface area contributed by atoms with Crippen molar-refractivity contribution in [3.05, 3.63) is 27.7 Å². The van der Waals surface area contributed by atoms with Crippen LogP contribution in [-0.4, -0.2) is 43.2 Å². The Bertz CT molecular complexity index is 464. The van der Waals surface area contributed by atoms with Crippen LogP contribution in [0.15, 0.2) is 22.7 Å². The highest BCUT2D eigenvalue weighted by Gasteiger charge is 2.22. The number of hydrogen-bond donors (Lipinski definition) is 1. The Morgan fingerprint density at radius 1 is 1.47 bits per heavy atom. The maximum atomic E-state index is 12.3. The van der Waals surface area contributed by atoms with E-state index >= 15 is 0 Å². The first-order valence-corrected chi connectivity index (χ1v) is 7.33. The third kappa shape index (κ3) is 3.84. The second kappa shape index (κ2) is 6.59. The van der Waals surface area contributed by atoms with E-state index in [0.29, 0.717) is 31.3 Å². The molecule has 1 atom stereocenters. The van der Waals surface area contributed by atoms with Crippen LogP contribution in [0.25, 0.3) is 0 Å². The highest BCUT2D eigenvalue weighted by molar-refractivity contribution is 9.10. The van der Waals surface area contributed by atoms with Crippen molar-refractivity contribution < 1.29 is 9.53 Å². The van der Waals surface area contributed by atoms with Crippen LogP contribution in [0.4, 0.5) is 5.69 Å². The summed E-state index contributed by atoms with van der Waals surface area (Å²) in [6.45, 7) is 4.36. The molecule has 1 aromatic rings. The fourth-order valence-corrected chi connectivity index (χ4v) is 2.49. The van der Waals surface area contributed by atoms with Crippen molar-refractivity contribution in [2.24, 2.45) is 0 Å². The monoisotopic (exact) mass is 346 g/mol. The van der Waals surface area contributed by atoms with Crippen molar-refractivity contribution in [1.29, 1.82) is 0 Å². The second-order valence-corrected chi connectivity index (χ2v) is 5.75. The molecular formula is C13H16BrClN2O2. The fourth-order valence-electron chi connectivity index (χ4n) is 1.96. The summed E-state index contributed by atoms with van der Waals surface area (Å²) < 4.78 is 6.16. The Morgan fingerprint density at radius 3 is 2.84 bits per heavy atom. The number of morpholine rings is 1. The largest absolute Gasteiger partial charge is 0.378 e. The summed E-state index contributed by atoms with van der Waals surface area (Å²) in [6, 6.07) is 5.21. The minimum Gasteiger partial charge on any atom is -0.378 e. The summed E-state index contributed by atoms with van der Waals surface area (Å²) in [7, 11) is 0. The van der Waals surface area contributed by atoms with Gasteiger partial charge in [-0.1, -0.05) is 27.5 Å². The Morgan fingerprint density at radius 2 is 2.16 bits per heavy atom. The van der Waals surface area contributed by atoms with Gasteiger partial charge in [-0.15, -0.1) is 0 Å². The zero-order chi connectivity index (χ0) is 13.8. The Hall–Kier alpha value is -0.780. The molecule has 1 aliphatic rings. The maximum Gasteiger partial charge on any atom is 0.244 e. The summed E-state index contributed by atoms with van der Waals surface area (Å²) in [4.78, 5) is 14.1. The van der Waals surface area contributed by atoms with Gasteiger partial charge in [0.05, 0.1) is 23.9 Å². The van der Waals surface area contributed by atoms with Crippen LogP contribution in [-0.2, 0) is 9.53 Å². The topological polar surface area (TPSA) is 41.6 Å². The number of benzene rings is 1. The molecule has 1 N–H and O–H groups in total. The number of hydrogen-bond acceptors (Lipinski definition) is 3. The van der Waals surface area contributed by atoms with Crippen LogP contribution in [0.2, 0.25) is 5.02 Å². The Labute approximate surface area is 126 Å². The molecule has 1 heterocycles. The van der Waals surface area contributed by atoms with E-state index in [4.69, 9.17) is 16.3 Å². The van der Waals surface area contributed by atoms with Crippen LogP contribution in [0.5, 0.6) is 0 Å². The predicted octanol–water partition coefficient (Wildman–Crippen LogP) is 2.76. The zero-order valence-electron chi connectivity index (χ0n) is 10.7. The molecule has 2 rings (SSSR count). The lowest BCUT2D eigenvalue weighted by Gasteiger charge is -2.29. The van der Waals surface area contributed by atoms with Crippen molar-refractivity contribution in [3.8, 4) is 0 Å². The SMILES string of the molecule is CC(Nc1cc(Br)ccc1Cl)C(=O)N1CCOCC1. The van der Waals surface area contributed by atoms with E-state index in [1.165, 1.54) is 0 Å². The third-order valence-electron chi connectivity index (χ3n) is 2.99. The minimum atomic E-state index is -0.315. The van der Waals surface area contributed by atoms with E-state index in [-0.39, 0.29) is 11.9 Å². The van der Waals surface area contributed by atoms with E-state index in [1.54, 1.807) is 6.07 Å². The first-order chi connectivity index (χ1) is 9.08. The molecule has 1 aromatic carbocycles. The molecule has 0 radical (unpaired) electrons. The molecule has 0 spiro atoms. The molecule has 1 amide bonds. The molecular weight excluding hydrogens is 332 g/mol. The molecule has 6 heteroatoms. The third-order valence-corrected chi connectivity index (χ3v) is 3.82. The van der Waals surface area contributed by atoms with Crippen LogP contribution < -0.4 is 5.32 Å². The van der Waals surface area contributed by atoms with Crippen LogP contribution in [0, 0.1) is 0 Å². The number of nitrogens with zero attached hydrogens (tertiary/aromatic N) is 1. The predicted molar refractivity (Wildman–Crippen MR) is 79.6 cm³/mol. The van der Waals surface area contributed by atoms with E-state index in [1.807, 2.05) is 24.0 Å². The van der Waals surface area contributed by atoms with Gasteiger partial charge < -0.3 is 15.0 Å². The van der Waals surface area contributed by atoms with Gasteiger partial charge in [0, 0.05) is 17.6 Å². The smallest absolute Gasteiger partial charge is 0.244 e. The van der Waals surface area contributed by atoms with Crippen molar-refractivity contribution in [1.82, 2.24) is 4.90 Å². The van der Waals surface area contributed by atoms with Crippen LogP contribution in [0.1, 0.15) is 6.92 Å². The van der Waals surface area contributed by atoms with Gasteiger partial charge in [0.2, 0.25) is 5.91 Å². The molecule has 104 valence electrons. The van der Waals surface area contributed by atoms with Gasteiger partial charge >= 0.3 is 0 Å². The molecule has 0 saturated carbocycles. The van der Waals surface area contributed by atoms with Crippen molar-refractivity contribution >= 4 is 39.1 Å². The van der Waals surface area contributed by atoms with Gasteiger partial charge in [-0.05, 0) is 25.1 Å². The molecule has 1 unspecified atom stereocenters. The lowest BCUT2D eigenvalue weighted by atomic mass is 10.2. The van der Waals surface area contributed by atoms with Gasteiger partial charge in [0.1, 0.15) is 6.04 Å². The summed E-state index contributed by atoms with van der Waals surface area (Å²) in [6.07, 6.45) is 0. The Kier molecular flexibility index (Phi) is 5.07. The van der Waals surface area contributed by atoms with Crippen LogP contribution in [0.3, 0.4) is 0 Å². The second-order valence-electron chi connectivity index (χ2n) is 4.43. The van der Waals surface area contributed by atoms with Crippen molar-refractivity contribution in [3.63, 3.8) is 0 Å². The number of carbonyl (C=O) groups excluding carboxylic acids is 1.